The standard InChI is InChI=1S/C15H21ClN2O2/c1-5-8-18-15(19)11(3)20-14-7-6-12(16)9-13(14)10(2)17-4/h5-7,9-11,17H,1,8H2,2-4H3,(H,18,19). The quantitative estimate of drug-likeness (QED) is 0.761. The van der Waals surface area contributed by atoms with Gasteiger partial charge in [0.05, 0.1) is 0 Å². The number of carbonyl (C=O) groups is 1. The number of benzene rings is 1. The van der Waals surface area contributed by atoms with Crippen LogP contribution in [-0.4, -0.2) is 25.6 Å². The Morgan fingerprint density at radius 1 is 1.50 bits per heavy atom. The minimum atomic E-state index is -0.584. The maximum atomic E-state index is 11.8. The third-order valence-electron chi connectivity index (χ3n) is 2.96. The van der Waals surface area contributed by atoms with Crippen molar-refractivity contribution in [2.75, 3.05) is 13.6 Å². The zero-order valence-electron chi connectivity index (χ0n) is 12.1. The summed E-state index contributed by atoms with van der Waals surface area (Å²) in [6, 6.07) is 5.44. The van der Waals surface area contributed by atoms with Crippen LogP contribution >= 0.6 is 11.6 Å². The van der Waals surface area contributed by atoms with Gasteiger partial charge in [-0.1, -0.05) is 17.7 Å². The lowest BCUT2D eigenvalue weighted by atomic mass is 10.1. The molecule has 0 aliphatic heterocycles. The molecule has 1 aromatic rings. The van der Waals surface area contributed by atoms with Crippen molar-refractivity contribution in [3.05, 3.63) is 41.4 Å². The third kappa shape index (κ3) is 4.54. The molecule has 4 nitrogen and oxygen atoms in total. The van der Waals surface area contributed by atoms with Crippen LogP contribution in [0.4, 0.5) is 0 Å². The van der Waals surface area contributed by atoms with Crippen LogP contribution in [0, 0.1) is 0 Å². The van der Waals surface area contributed by atoms with Gasteiger partial charge in [-0.3, -0.25) is 4.79 Å². The highest BCUT2D eigenvalue weighted by Gasteiger charge is 2.17. The van der Waals surface area contributed by atoms with Crippen molar-refractivity contribution in [2.45, 2.75) is 26.0 Å². The van der Waals surface area contributed by atoms with Gasteiger partial charge in [-0.05, 0) is 39.1 Å². The molecule has 1 rings (SSSR count). The molecule has 0 fully saturated rings. The van der Waals surface area contributed by atoms with Crippen molar-refractivity contribution in [1.29, 1.82) is 0 Å². The first-order valence-corrected chi connectivity index (χ1v) is 6.89. The monoisotopic (exact) mass is 296 g/mol. The highest BCUT2D eigenvalue weighted by Crippen LogP contribution is 2.29. The topological polar surface area (TPSA) is 50.4 Å². The first-order valence-electron chi connectivity index (χ1n) is 6.51. The number of hydrogen-bond acceptors (Lipinski definition) is 3. The number of rotatable bonds is 7. The average Bonchev–Trinajstić information content (AvgIpc) is 2.45. The number of halogens is 1. The molecule has 2 N–H and O–H groups in total. The Labute approximate surface area is 125 Å². The molecular formula is C15H21ClN2O2. The molecule has 0 bridgehead atoms. The molecule has 0 aliphatic rings. The van der Waals surface area contributed by atoms with Crippen molar-refractivity contribution >= 4 is 17.5 Å². The largest absolute Gasteiger partial charge is 0.481 e. The maximum absolute atomic E-state index is 11.8. The molecule has 0 spiro atoms. The van der Waals surface area contributed by atoms with E-state index in [0.717, 1.165) is 5.56 Å². The molecule has 5 heteroatoms. The van der Waals surface area contributed by atoms with Gasteiger partial charge in [0.25, 0.3) is 5.91 Å². The van der Waals surface area contributed by atoms with Gasteiger partial charge < -0.3 is 15.4 Å². The molecule has 0 radical (unpaired) electrons. The summed E-state index contributed by atoms with van der Waals surface area (Å²) in [5.41, 5.74) is 0.920. The van der Waals surface area contributed by atoms with Gasteiger partial charge in [0, 0.05) is 23.2 Å². The molecule has 0 aliphatic carbocycles. The van der Waals surface area contributed by atoms with E-state index < -0.39 is 6.10 Å². The molecule has 2 unspecified atom stereocenters. The molecule has 1 aromatic carbocycles. The number of amides is 1. The Hall–Kier alpha value is -1.52. The zero-order valence-corrected chi connectivity index (χ0v) is 12.8. The fraction of sp³-hybridized carbons (Fsp3) is 0.400. The lowest BCUT2D eigenvalue weighted by Crippen LogP contribution is -2.36. The van der Waals surface area contributed by atoms with Crippen LogP contribution in [0.25, 0.3) is 0 Å². The number of hydrogen-bond donors (Lipinski definition) is 2. The molecule has 110 valence electrons. The number of nitrogens with one attached hydrogen (secondary N) is 2. The van der Waals surface area contributed by atoms with Gasteiger partial charge in [-0.2, -0.15) is 0 Å². The summed E-state index contributed by atoms with van der Waals surface area (Å²) in [6.45, 7) is 7.69. The molecule has 0 heterocycles. The van der Waals surface area contributed by atoms with E-state index in [1.807, 2.05) is 20.0 Å². The summed E-state index contributed by atoms with van der Waals surface area (Å²) >= 11 is 6.01. The second kappa shape index (κ2) is 7.92. The second-order valence-corrected chi connectivity index (χ2v) is 4.92. The van der Waals surface area contributed by atoms with Crippen LogP contribution in [0.5, 0.6) is 5.75 Å². The van der Waals surface area contributed by atoms with E-state index in [-0.39, 0.29) is 11.9 Å². The van der Waals surface area contributed by atoms with E-state index >= 15 is 0 Å². The highest BCUT2D eigenvalue weighted by atomic mass is 35.5. The summed E-state index contributed by atoms with van der Waals surface area (Å²) in [5, 5.41) is 6.47. The summed E-state index contributed by atoms with van der Waals surface area (Å²) in [7, 11) is 1.86. The van der Waals surface area contributed by atoms with Gasteiger partial charge in [0.1, 0.15) is 5.75 Å². The minimum absolute atomic E-state index is 0.0761. The van der Waals surface area contributed by atoms with Gasteiger partial charge in [-0.25, -0.2) is 0 Å². The van der Waals surface area contributed by atoms with Gasteiger partial charge in [0.2, 0.25) is 0 Å². The maximum Gasteiger partial charge on any atom is 0.261 e. The lowest BCUT2D eigenvalue weighted by Gasteiger charge is -2.20. The lowest BCUT2D eigenvalue weighted by molar-refractivity contribution is -0.127. The summed E-state index contributed by atoms with van der Waals surface area (Å²) in [4.78, 5) is 11.8. The Kier molecular flexibility index (Phi) is 6.55. The van der Waals surface area contributed by atoms with E-state index in [2.05, 4.69) is 17.2 Å². The Bertz CT molecular complexity index is 477. The van der Waals surface area contributed by atoms with Crippen molar-refractivity contribution in [3.63, 3.8) is 0 Å². The molecule has 0 saturated carbocycles. The Morgan fingerprint density at radius 3 is 2.80 bits per heavy atom. The number of ether oxygens (including phenoxy) is 1. The summed E-state index contributed by atoms with van der Waals surface area (Å²) in [6.07, 6.45) is 1.04. The normalized spacial score (nSPS) is 13.4. The number of carbonyl (C=O) groups excluding carboxylic acids is 1. The minimum Gasteiger partial charge on any atom is -0.481 e. The van der Waals surface area contributed by atoms with Crippen LogP contribution in [-0.2, 0) is 4.79 Å². The molecule has 2 atom stereocenters. The summed E-state index contributed by atoms with van der Waals surface area (Å²) in [5.74, 6) is 0.473. The Balaban J connectivity index is 2.85. The van der Waals surface area contributed by atoms with E-state index in [1.54, 1.807) is 25.1 Å². The van der Waals surface area contributed by atoms with E-state index in [1.165, 1.54) is 0 Å². The second-order valence-electron chi connectivity index (χ2n) is 4.49. The van der Waals surface area contributed by atoms with Crippen molar-refractivity contribution in [2.24, 2.45) is 0 Å². The van der Waals surface area contributed by atoms with E-state index in [9.17, 15) is 4.79 Å². The predicted octanol–water partition coefficient (Wildman–Crippen LogP) is 2.69. The molecule has 0 aromatic heterocycles. The smallest absolute Gasteiger partial charge is 0.261 e. The SMILES string of the molecule is C=CCNC(=O)C(C)Oc1ccc(Cl)cc1C(C)NC. The van der Waals surface area contributed by atoms with Crippen molar-refractivity contribution in [1.82, 2.24) is 10.6 Å². The fourth-order valence-corrected chi connectivity index (χ4v) is 1.86. The van der Waals surface area contributed by atoms with Crippen LogP contribution in [0.2, 0.25) is 5.02 Å². The molecule has 20 heavy (non-hydrogen) atoms. The van der Waals surface area contributed by atoms with E-state index in [0.29, 0.717) is 17.3 Å². The highest BCUT2D eigenvalue weighted by molar-refractivity contribution is 6.30. The van der Waals surface area contributed by atoms with Crippen molar-refractivity contribution < 1.29 is 9.53 Å². The fourth-order valence-electron chi connectivity index (χ4n) is 1.68. The predicted molar refractivity (Wildman–Crippen MR) is 82.2 cm³/mol. The average molecular weight is 297 g/mol. The molecule has 1 amide bonds. The van der Waals surface area contributed by atoms with Crippen LogP contribution in [0.1, 0.15) is 25.5 Å². The Morgan fingerprint density at radius 2 is 2.20 bits per heavy atom. The summed E-state index contributed by atoms with van der Waals surface area (Å²) < 4.78 is 5.74. The van der Waals surface area contributed by atoms with Gasteiger partial charge >= 0.3 is 0 Å². The van der Waals surface area contributed by atoms with Gasteiger partial charge in [0.15, 0.2) is 6.10 Å². The van der Waals surface area contributed by atoms with Crippen LogP contribution < -0.4 is 15.4 Å². The zero-order chi connectivity index (χ0) is 15.1. The van der Waals surface area contributed by atoms with Crippen LogP contribution in [0.3, 0.4) is 0 Å². The van der Waals surface area contributed by atoms with Crippen LogP contribution in [0.15, 0.2) is 30.9 Å². The van der Waals surface area contributed by atoms with Gasteiger partial charge in [-0.15, -0.1) is 6.58 Å². The molecular weight excluding hydrogens is 276 g/mol. The first kappa shape index (κ1) is 16.5. The third-order valence-corrected chi connectivity index (χ3v) is 3.20. The van der Waals surface area contributed by atoms with Crippen molar-refractivity contribution in [3.8, 4) is 5.75 Å². The first-order chi connectivity index (χ1) is 9.49. The van der Waals surface area contributed by atoms with E-state index in [4.69, 9.17) is 16.3 Å². The molecule has 0 saturated heterocycles.